The van der Waals surface area contributed by atoms with Crippen molar-refractivity contribution in [3.63, 3.8) is 0 Å². The first-order chi connectivity index (χ1) is 65.1. The normalized spacial score (nSPS) is 21.7. The summed E-state index contributed by atoms with van der Waals surface area (Å²) in [5.41, 5.74) is 26.2. The summed E-state index contributed by atoms with van der Waals surface area (Å²) in [6.07, 6.45) is 33.8. The van der Waals surface area contributed by atoms with Crippen molar-refractivity contribution >= 4 is 0 Å². The van der Waals surface area contributed by atoms with Crippen LogP contribution in [0.3, 0.4) is 0 Å². The van der Waals surface area contributed by atoms with Crippen molar-refractivity contribution in [2.24, 2.45) is 35.2 Å². The number of aryl methyl sites for hydroxylation is 23. The fourth-order valence-electron chi connectivity index (χ4n) is 22.1. The summed E-state index contributed by atoms with van der Waals surface area (Å²) in [7, 11) is 9.53. The molecule has 0 saturated heterocycles. The Kier molecular flexibility index (Phi) is 19.3. The highest BCUT2D eigenvalue weighted by atomic mass is 16.5. The van der Waals surface area contributed by atoms with Crippen LogP contribution in [0.1, 0.15) is 317 Å². The molecule has 0 N–H and O–H groups in total. The van der Waals surface area contributed by atoms with Gasteiger partial charge < -0.3 is 23.7 Å². The van der Waals surface area contributed by atoms with Crippen molar-refractivity contribution in [3.8, 4) is 85.0 Å². The predicted octanol–water partition coefficient (Wildman–Crippen LogP) is 25.0. The first kappa shape index (κ1) is 69.1. The van der Waals surface area contributed by atoms with Gasteiger partial charge in [0.2, 0.25) is 28.5 Å². The van der Waals surface area contributed by atoms with Gasteiger partial charge in [0.15, 0.2) is 31.0 Å². The van der Waals surface area contributed by atoms with E-state index in [2.05, 4.69) is 118 Å². The van der Waals surface area contributed by atoms with Gasteiger partial charge in [-0.15, -0.1) is 0 Å². The Labute approximate surface area is 764 Å². The topological polar surface area (TPSA) is 65.5 Å². The number of rotatable bonds is 5. The lowest BCUT2D eigenvalue weighted by Gasteiger charge is -2.43. The largest absolute Gasteiger partial charge is 0.487 e. The van der Waals surface area contributed by atoms with Crippen LogP contribution in [-0.4, -0.2) is 28.0 Å². The zero-order valence-corrected chi connectivity index (χ0v) is 77.8. The molecule has 4 saturated carbocycles. The van der Waals surface area contributed by atoms with Crippen molar-refractivity contribution in [1.29, 1.82) is 0 Å². The summed E-state index contributed by atoms with van der Waals surface area (Å²) in [5, 5.41) is 0. The lowest BCUT2D eigenvalue weighted by Crippen LogP contribution is -2.47. The fraction of sp³-hybridized carbons (Fsp3) is 0.513. The van der Waals surface area contributed by atoms with Gasteiger partial charge in [0.1, 0.15) is 92.0 Å². The molecule has 0 unspecified atom stereocenters. The SMILES string of the molecule is [2H]C([2H])([2H])c1c[n+](C)c(-c2c(C)ccc3c2OC(C)(C)C32CCCC2)cc1C.[2H]C([2H])([2H])c1c[n+](C)c(-c2c(C)ccc3c2OC(C)(C)C32CCCCC2)cc1C.[2H]C([2H])([2H])c1c[n+](C)c(-c2c(C)ccc3c2OC(C)(C)CC3)cc1C.[2H]C([2H])([2H])c1c[n+](C)c(-c2c(C)ccc3c2OC2(CCCCC2)CC3([2H])[2H])cc1C.[2H]C([2H])([2H])c1c[n+](C)c(-c2c(C)ccc3c2OC2(CCCCC2)CC3)cc1C. The van der Waals surface area contributed by atoms with Crippen LogP contribution in [0.5, 0.6) is 28.7 Å². The molecule has 0 amide bonds. The number of ether oxygens (including phenoxy) is 5. The minimum atomic E-state index is -2.17. The maximum Gasteiger partial charge on any atom is 0.216 e. The maximum atomic E-state index is 8.82. The summed E-state index contributed by atoms with van der Waals surface area (Å²) in [4.78, 5) is 0. The molecule has 0 radical (unpaired) electrons. The Hall–Kier alpha value is -9.15. The van der Waals surface area contributed by atoms with Crippen LogP contribution in [0.4, 0.5) is 0 Å². The number of hydrogen-bond donors (Lipinski definition) is 0. The van der Waals surface area contributed by atoms with Gasteiger partial charge in [-0.3, -0.25) is 0 Å². The van der Waals surface area contributed by atoms with E-state index in [-0.39, 0.29) is 33.2 Å². The second kappa shape index (κ2) is 34.3. The standard InChI is InChI=1S/C24H32NO.3C23H30NO.C20H26NO/c1-16-10-11-19-22(21(16)20-14-17(2)18(3)15-25(20)6)26-23(4,5)24(19)12-8-7-9-13-24;1-15-9-10-18-21(25-22(4,5)23(18)11-7-8-12-23)20(15)19-13-16(2)17(3)14-24(19)6;2*1-16-8-9-19-10-13-23(11-6-5-7-12-23)25-22(19)21(16)20-14-17(2)18(3)15-24(20)4;1-13-7-8-16-9-10-20(4,5)22-19(16)18(13)17-11-14(2)15(3)12-21(17)6/h10-11,14-15H,7-9,12-13H2,1-6H3;9-10,13-14H,7-8,11-12H2,1-6H3;2*8-9,14-15H,5-7,10-13H2,1-4H3;7-8,11-12H,9-10H2,1-6H3/q5*+1/i2*3D3;3D3,10D2;2*3D3. The van der Waals surface area contributed by atoms with Crippen LogP contribution in [0.25, 0.3) is 56.3 Å². The molecular formula is C113H148N5O5+5. The highest BCUT2D eigenvalue weighted by Gasteiger charge is 2.58. The summed E-state index contributed by atoms with van der Waals surface area (Å²) in [6, 6.07) is 31.3. The van der Waals surface area contributed by atoms with E-state index in [9.17, 15) is 0 Å². The van der Waals surface area contributed by atoms with Crippen LogP contribution in [-0.2, 0) is 65.3 Å². The van der Waals surface area contributed by atoms with E-state index in [1.807, 2.05) is 142 Å². The minimum absolute atomic E-state index is 0.0138. The third-order valence-corrected chi connectivity index (χ3v) is 29.9. The van der Waals surface area contributed by atoms with Gasteiger partial charge in [-0.25, -0.2) is 22.8 Å². The summed E-state index contributed by atoms with van der Waals surface area (Å²) in [5.74, 6) is 4.57. The van der Waals surface area contributed by atoms with E-state index in [4.69, 9.17) is 47.0 Å². The number of fused-ring (bicyclic) bond motifs is 7. The minimum Gasteiger partial charge on any atom is -0.487 e. The molecule has 5 aromatic carbocycles. The van der Waals surface area contributed by atoms with Crippen molar-refractivity contribution in [2.75, 3.05) is 0 Å². The predicted molar refractivity (Wildman–Crippen MR) is 503 cm³/mol. The smallest absolute Gasteiger partial charge is 0.216 e. The number of hydrogen-bond acceptors (Lipinski definition) is 5. The highest BCUT2D eigenvalue weighted by molar-refractivity contribution is 5.78. The zero-order chi connectivity index (χ0) is 102. The van der Waals surface area contributed by atoms with Gasteiger partial charge in [0.05, 0.1) is 27.8 Å². The summed E-state index contributed by atoms with van der Waals surface area (Å²) in [6.45, 7) is 22.3. The second-order valence-corrected chi connectivity index (χ2v) is 39.8. The molecule has 5 aromatic heterocycles. The molecule has 10 nitrogen and oxygen atoms in total. The number of nitrogens with zero attached hydrogens (tertiary/aromatic N) is 5. The molecular weight excluding hydrogens is 1510 g/mol. The quantitative estimate of drug-likeness (QED) is 0.161. The Morgan fingerprint density at radius 2 is 0.537 bits per heavy atom. The molecule has 0 atom stereocenters. The van der Waals surface area contributed by atoms with Gasteiger partial charge in [0, 0.05) is 103 Å². The lowest BCUT2D eigenvalue weighted by atomic mass is 9.62. The second-order valence-electron chi connectivity index (χ2n) is 39.8. The Balaban J connectivity index is 0.000000133. The monoisotopic (exact) mass is 1670 g/mol. The van der Waals surface area contributed by atoms with E-state index in [1.54, 1.807) is 31.0 Å². The van der Waals surface area contributed by atoms with E-state index in [1.165, 1.54) is 111 Å². The summed E-state index contributed by atoms with van der Waals surface area (Å²) < 4.78 is 177. The van der Waals surface area contributed by atoms with Gasteiger partial charge in [-0.05, 0) is 333 Å². The molecule has 10 aromatic rings. The summed E-state index contributed by atoms with van der Waals surface area (Å²) >= 11 is 0. The van der Waals surface area contributed by atoms with Crippen LogP contribution in [0.2, 0.25) is 0 Å². The van der Waals surface area contributed by atoms with Crippen molar-refractivity contribution in [3.05, 3.63) is 233 Å². The average Bonchev–Trinajstić information content (AvgIpc) is 1.52. The Morgan fingerprint density at radius 3 is 0.870 bits per heavy atom. The van der Waals surface area contributed by atoms with Gasteiger partial charge in [-0.1, -0.05) is 106 Å². The van der Waals surface area contributed by atoms with Gasteiger partial charge in [0.25, 0.3) is 0 Å². The molecule has 19 rings (SSSR count). The van der Waals surface area contributed by atoms with E-state index in [0.29, 0.717) is 51.1 Å². The number of aromatic nitrogens is 5. The van der Waals surface area contributed by atoms with Crippen LogP contribution in [0, 0.1) is 103 Å². The molecule has 4 fully saturated rings. The molecule has 4 aliphatic carbocycles. The van der Waals surface area contributed by atoms with E-state index < -0.39 is 46.2 Å². The molecule has 10 heterocycles. The Bertz CT molecular complexity index is 6450. The first-order valence-electron chi connectivity index (χ1n) is 54.3. The molecule has 123 heavy (non-hydrogen) atoms. The molecule has 9 aliphatic rings. The maximum absolute atomic E-state index is 8.82. The van der Waals surface area contributed by atoms with E-state index >= 15 is 0 Å². The number of benzene rings is 5. The molecule has 5 aliphatic heterocycles. The molecule has 4 spiro atoms. The van der Waals surface area contributed by atoms with Crippen molar-refractivity contribution in [2.45, 2.75) is 344 Å². The van der Waals surface area contributed by atoms with Crippen molar-refractivity contribution in [1.82, 2.24) is 0 Å². The van der Waals surface area contributed by atoms with Crippen molar-refractivity contribution < 1.29 is 69.8 Å². The third-order valence-electron chi connectivity index (χ3n) is 29.9. The molecule has 10 heteroatoms. The molecule has 0 bridgehead atoms. The Morgan fingerprint density at radius 1 is 0.268 bits per heavy atom. The zero-order valence-electron chi connectivity index (χ0n) is 94.8. The molecule has 650 valence electrons. The third kappa shape index (κ3) is 16.7. The fourth-order valence-corrected chi connectivity index (χ4v) is 22.1. The van der Waals surface area contributed by atoms with Gasteiger partial charge >= 0.3 is 0 Å². The van der Waals surface area contributed by atoms with Gasteiger partial charge in [-0.2, -0.15) is 0 Å². The average molecular weight is 1670 g/mol. The number of pyridine rings is 5. The van der Waals surface area contributed by atoms with Crippen LogP contribution < -0.4 is 46.5 Å². The van der Waals surface area contributed by atoms with E-state index in [0.717, 1.165) is 188 Å². The highest BCUT2D eigenvalue weighted by Crippen LogP contribution is 2.62. The van der Waals surface area contributed by atoms with Crippen LogP contribution in [0.15, 0.2) is 122 Å². The lowest BCUT2D eigenvalue weighted by molar-refractivity contribution is -0.660. The first-order valence-corrected chi connectivity index (χ1v) is 45.8. The van der Waals surface area contributed by atoms with Crippen LogP contribution >= 0.6 is 0 Å².